The summed E-state index contributed by atoms with van der Waals surface area (Å²) in [5, 5.41) is 3.53. The van der Waals surface area contributed by atoms with Crippen LogP contribution in [0, 0.1) is 5.92 Å². The highest BCUT2D eigenvalue weighted by atomic mass is 15.0. The van der Waals surface area contributed by atoms with Crippen LogP contribution in [-0.4, -0.2) is 17.6 Å². The lowest BCUT2D eigenvalue weighted by Gasteiger charge is -2.02. The molecule has 2 nitrogen and oxygen atoms in total. The van der Waals surface area contributed by atoms with E-state index in [1.807, 2.05) is 12.4 Å². The maximum Gasteiger partial charge on any atom is 0.0270 e. The third-order valence-electron chi connectivity index (χ3n) is 2.68. The van der Waals surface area contributed by atoms with E-state index < -0.39 is 0 Å². The Morgan fingerprint density at radius 1 is 1.46 bits per heavy atom. The van der Waals surface area contributed by atoms with Gasteiger partial charge in [0.2, 0.25) is 0 Å². The standard InChI is InChI=1S/C11H16N2/c1-9-8-11(9)13-7-4-10-2-5-12-6-3-10/h2-3,5-6,9,11,13H,4,7-8H2,1H3. The van der Waals surface area contributed by atoms with E-state index in [1.165, 1.54) is 12.0 Å². The highest BCUT2D eigenvalue weighted by Gasteiger charge is 2.31. The van der Waals surface area contributed by atoms with Gasteiger partial charge in [-0.25, -0.2) is 0 Å². The van der Waals surface area contributed by atoms with Crippen LogP contribution in [0.2, 0.25) is 0 Å². The third kappa shape index (κ3) is 2.52. The second-order valence-corrected chi connectivity index (χ2v) is 3.88. The molecule has 0 amide bonds. The van der Waals surface area contributed by atoms with Crippen LogP contribution < -0.4 is 5.32 Å². The molecule has 1 aromatic heterocycles. The quantitative estimate of drug-likeness (QED) is 0.754. The molecular weight excluding hydrogens is 160 g/mol. The van der Waals surface area contributed by atoms with Gasteiger partial charge < -0.3 is 5.32 Å². The average molecular weight is 176 g/mol. The van der Waals surface area contributed by atoms with Gasteiger partial charge in [0, 0.05) is 18.4 Å². The fraction of sp³-hybridized carbons (Fsp3) is 0.545. The van der Waals surface area contributed by atoms with Gasteiger partial charge in [-0.1, -0.05) is 6.92 Å². The van der Waals surface area contributed by atoms with Gasteiger partial charge in [0.25, 0.3) is 0 Å². The van der Waals surface area contributed by atoms with Crippen molar-refractivity contribution in [3.05, 3.63) is 30.1 Å². The number of aromatic nitrogens is 1. The van der Waals surface area contributed by atoms with E-state index in [0.717, 1.165) is 24.9 Å². The van der Waals surface area contributed by atoms with E-state index in [1.54, 1.807) is 0 Å². The second kappa shape index (κ2) is 3.88. The highest BCUT2D eigenvalue weighted by Crippen LogP contribution is 2.28. The molecule has 0 aliphatic heterocycles. The molecule has 1 N–H and O–H groups in total. The summed E-state index contributed by atoms with van der Waals surface area (Å²) in [6.07, 6.45) is 6.19. The molecule has 1 aliphatic carbocycles. The van der Waals surface area contributed by atoms with Gasteiger partial charge in [-0.05, 0) is 43.0 Å². The minimum absolute atomic E-state index is 0.793. The van der Waals surface area contributed by atoms with E-state index >= 15 is 0 Å². The molecule has 1 aromatic rings. The van der Waals surface area contributed by atoms with Crippen LogP contribution in [0.1, 0.15) is 18.9 Å². The zero-order valence-electron chi connectivity index (χ0n) is 8.03. The summed E-state index contributed by atoms with van der Waals surface area (Å²) in [6.45, 7) is 3.39. The molecule has 0 saturated heterocycles. The van der Waals surface area contributed by atoms with Crippen molar-refractivity contribution < 1.29 is 0 Å². The van der Waals surface area contributed by atoms with Crippen LogP contribution in [-0.2, 0) is 6.42 Å². The van der Waals surface area contributed by atoms with Crippen molar-refractivity contribution in [3.8, 4) is 0 Å². The fourth-order valence-corrected chi connectivity index (χ4v) is 1.56. The highest BCUT2D eigenvalue weighted by molar-refractivity contribution is 5.10. The van der Waals surface area contributed by atoms with Crippen LogP contribution >= 0.6 is 0 Å². The van der Waals surface area contributed by atoms with E-state index in [4.69, 9.17) is 0 Å². The summed E-state index contributed by atoms with van der Waals surface area (Å²) in [6, 6.07) is 4.96. The van der Waals surface area contributed by atoms with Crippen LogP contribution in [0.4, 0.5) is 0 Å². The molecule has 2 atom stereocenters. The van der Waals surface area contributed by atoms with Crippen molar-refractivity contribution in [1.82, 2.24) is 10.3 Å². The summed E-state index contributed by atoms with van der Waals surface area (Å²) in [5.41, 5.74) is 1.37. The number of rotatable bonds is 4. The van der Waals surface area contributed by atoms with Crippen molar-refractivity contribution in [1.29, 1.82) is 0 Å². The van der Waals surface area contributed by atoms with Crippen molar-refractivity contribution in [2.24, 2.45) is 5.92 Å². The Hall–Kier alpha value is -0.890. The van der Waals surface area contributed by atoms with Gasteiger partial charge in [0.05, 0.1) is 0 Å². The number of nitrogens with one attached hydrogen (secondary N) is 1. The summed E-state index contributed by atoms with van der Waals surface area (Å²) < 4.78 is 0. The molecule has 2 unspecified atom stereocenters. The SMILES string of the molecule is CC1CC1NCCc1ccncc1. The van der Waals surface area contributed by atoms with Crippen molar-refractivity contribution in [2.75, 3.05) is 6.54 Å². The van der Waals surface area contributed by atoms with Crippen molar-refractivity contribution in [2.45, 2.75) is 25.8 Å². The molecule has 1 aliphatic rings. The number of hydrogen-bond acceptors (Lipinski definition) is 2. The predicted molar refractivity (Wildman–Crippen MR) is 53.5 cm³/mol. The summed E-state index contributed by atoms with van der Waals surface area (Å²) >= 11 is 0. The molecular formula is C11H16N2. The number of hydrogen-bond donors (Lipinski definition) is 1. The monoisotopic (exact) mass is 176 g/mol. The molecule has 13 heavy (non-hydrogen) atoms. The topological polar surface area (TPSA) is 24.9 Å². The molecule has 0 radical (unpaired) electrons. The summed E-state index contributed by atoms with van der Waals surface area (Å²) in [5.74, 6) is 0.900. The van der Waals surface area contributed by atoms with Gasteiger partial charge in [0.1, 0.15) is 0 Å². The predicted octanol–water partition coefficient (Wildman–Crippen LogP) is 1.62. The number of pyridine rings is 1. The first-order chi connectivity index (χ1) is 6.36. The van der Waals surface area contributed by atoms with Crippen LogP contribution in [0.5, 0.6) is 0 Å². The third-order valence-corrected chi connectivity index (χ3v) is 2.68. The minimum Gasteiger partial charge on any atom is -0.313 e. The van der Waals surface area contributed by atoms with Crippen LogP contribution in [0.3, 0.4) is 0 Å². The van der Waals surface area contributed by atoms with Crippen LogP contribution in [0.15, 0.2) is 24.5 Å². The molecule has 0 spiro atoms. The first-order valence-electron chi connectivity index (χ1n) is 4.98. The van der Waals surface area contributed by atoms with Crippen LogP contribution in [0.25, 0.3) is 0 Å². The molecule has 2 rings (SSSR count). The Morgan fingerprint density at radius 3 is 2.77 bits per heavy atom. The van der Waals surface area contributed by atoms with Crippen molar-refractivity contribution >= 4 is 0 Å². The van der Waals surface area contributed by atoms with Crippen molar-refractivity contribution in [3.63, 3.8) is 0 Å². The molecule has 1 fully saturated rings. The Balaban J connectivity index is 1.68. The molecule has 1 heterocycles. The molecule has 2 heteroatoms. The Bertz CT molecular complexity index is 258. The average Bonchev–Trinajstić information content (AvgIpc) is 2.84. The molecule has 0 aromatic carbocycles. The van der Waals surface area contributed by atoms with Gasteiger partial charge in [-0.3, -0.25) is 4.98 Å². The van der Waals surface area contributed by atoms with Gasteiger partial charge in [-0.2, -0.15) is 0 Å². The minimum atomic E-state index is 0.793. The van der Waals surface area contributed by atoms with Gasteiger partial charge >= 0.3 is 0 Å². The lowest BCUT2D eigenvalue weighted by atomic mass is 10.2. The first kappa shape index (κ1) is 8.70. The molecule has 0 bridgehead atoms. The lowest BCUT2D eigenvalue weighted by molar-refractivity contribution is 0.650. The number of nitrogens with zero attached hydrogens (tertiary/aromatic N) is 1. The maximum absolute atomic E-state index is 3.99. The largest absolute Gasteiger partial charge is 0.313 e. The zero-order chi connectivity index (χ0) is 9.10. The van der Waals surface area contributed by atoms with Gasteiger partial charge in [-0.15, -0.1) is 0 Å². The Labute approximate surface area is 79.4 Å². The maximum atomic E-state index is 3.99. The van der Waals surface area contributed by atoms with E-state index in [2.05, 4.69) is 29.4 Å². The van der Waals surface area contributed by atoms with E-state index in [0.29, 0.717) is 0 Å². The smallest absolute Gasteiger partial charge is 0.0270 e. The normalized spacial score (nSPS) is 25.9. The zero-order valence-corrected chi connectivity index (χ0v) is 8.03. The molecule has 1 saturated carbocycles. The Morgan fingerprint density at radius 2 is 2.15 bits per heavy atom. The van der Waals surface area contributed by atoms with Gasteiger partial charge in [0.15, 0.2) is 0 Å². The fourth-order valence-electron chi connectivity index (χ4n) is 1.56. The van der Waals surface area contributed by atoms with E-state index in [9.17, 15) is 0 Å². The summed E-state index contributed by atoms with van der Waals surface area (Å²) in [7, 11) is 0. The van der Waals surface area contributed by atoms with E-state index in [-0.39, 0.29) is 0 Å². The lowest BCUT2D eigenvalue weighted by Crippen LogP contribution is -2.20. The first-order valence-corrected chi connectivity index (χ1v) is 4.98. The second-order valence-electron chi connectivity index (χ2n) is 3.88. The summed E-state index contributed by atoms with van der Waals surface area (Å²) in [4.78, 5) is 3.99. The molecule has 70 valence electrons. The Kier molecular flexibility index (Phi) is 2.60.